The molecule has 2 aromatic rings. The summed E-state index contributed by atoms with van der Waals surface area (Å²) in [7, 11) is 3.43. The van der Waals surface area contributed by atoms with Crippen LogP contribution in [0.3, 0.4) is 0 Å². The minimum atomic E-state index is -0.312. The van der Waals surface area contributed by atoms with Gasteiger partial charge in [0, 0.05) is 32.5 Å². The fraction of sp³-hybridized carbons (Fsp3) is 0.657. The van der Waals surface area contributed by atoms with E-state index in [1.165, 1.54) is 11.1 Å². The van der Waals surface area contributed by atoms with Crippen LogP contribution in [-0.4, -0.2) is 89.5 Å². The quantitative estimate of drug-likeness (QED) is 0.172. The van der Waals surface area contributed by atoms with Crippen LogP contribution in [0.1, 0.15) is 65.5 Å². The summed E-state index contributed by atoms with van der Waals surface area (Å²) >= 11 is 0. The van der Waals surface area contributed by atoms with E-state index in [0.717, 1.165) is 37.6 Å². The number of methoxy groups -OCH3 is 2. The Hall–Kier alpha value is -2.20. The Balaban J connectivity index is 1.25. The predicted octanol–water partition coefficient (Wildman–Crippen LogP) is 5.97. The van der Waals surface area contributed by atoms with Crippen molar-refractivity contribution in [2.24, 2.45) is 0 Å². The molecule has 0 saturated carbocycles. The number of epoxide rings is 2. The smallest absolute Gasteiger partial charge is 0.119 e. The molecule has 4 rings (SSSR count). The highest BCUT2D eigenvalue weighted by Crippen LogP contribution is 2.34. The molecule has 0 spiro atoms. The average Bonchev–Trinajstić information content (AvgIpc) is 3.91. The molecule has 2 fully saturated rings. The van der Waals surface area contributed by atoms with Crippen LogP contribution in [-0.2, 0) is 33.8 Å². The second kappa shape index (κ2) is 14.7. The summed E-state index contributed by atoms with van der Waals surface area (Å²) in [6, 6.07) is 16.6. The molecule has 0 aromatic heterocycles. The topological polar surface area (TPSA) is 80.4 Å². The molecule has 0 bridgehead atoms. The van der Waals surface area contributed by atoms with E-state index >= 15 is 0 Å². The lowest BCUT2D eigenvalue weighted by molar-refractivity contribution is -0.0694. The fourth-order valence-corrected chi connectivity index (χ4v) is 5.08. The van der Waals surface area contributed by atoms with Gasteiger partial charge in [-0.05, 0) is 63.1 Å². The van der Waals surface area contributed by atoms with Crippen LogP contribution in [0.2, 0.25) is 0 Å². The number of rotatable bonds is 20. The van der Waals surface area contributed by atoms with Gasteiger partial charge in [-0.1, -0.05) is 38.1 Å². The zero-order valence-electron chi connectivity index (χ0n) is 27.4. The number of benzene rings is 2. The molecule has 4 unspecified atom stereocenters. The van der Waals surface area contributed by atoms with E-state index in [1.807, 2.05) is 24.3 Å². The Morgan fingerprint density at radius 2 is 0.977 bits per heavy atom. The Labute approximate surface area is 258 Å². The summed E-state index contributed by atoms with van der Waals surface area (Å²) in [5, 5.41) is 0. The lowest BCUT2D eigenvalue weighted by atomic mass is 9.78. The summed E-state index contributed by atoms with van der Waals surface area (Å²) in [4.78, 5) is 0. The van der Waals surface area contributed by atoms with E-state index in [1.54, 1.807) is 14.2 Å². The van der Waals surface area contributed by atoms with Crippen molar-refractivity contribution in [3.05, 3.63) is 59.7 Å². The van der Waals surface area contributed by atoms with Crippen LogP contribution in [0.5, 0.6) is 11.5 Å². The predicted molar refractivity (Wildman–Crippen MR) is 166 cm³/mol. The molecule has 8 nitrogen and oxygen atoms in total. The summed E-state index contributed by atoms with van der Waals surface area (Å²) in [5.41, 5.74) is 1.58. The maximum Gasteiger partial charge on any atom is 0.119 e. The molecule has 0 N–H and O–H groups in total. The van der Waals surface area contributed by atoms with Gasteiger partial charge in [0.2, 0.25) is 0 Å². The van der Waals surface area contributed by atoms with Crippen molar-refractivity contribution in [3.63, 3.8) is 0 Å². The molecule has 0 radical (unpaired) electrons. The van der Waals surface area contributed by atoms with E-state index in [9.17, 15) is 0 Å². The molecule has 2 saturated heterocycles. The molecule has 0 amide bonds. The monoisotopic (exact) mass is 600 g/mol. The van der Waals surface area contributed by atoms with Gasteiger partial charge < -0.3 is 37.9 Å². The first-order valence-electron chi connectivity index (χ1n) is 15.4. The van der Waals surface area contributed by atoms with Crippen molar-refractivity contribution in [2.75, 3.05) is 53.9 Å². The largest absolute Gasteiger partial charge is 0.491 e. The Bertz CT molecular complexity index is 1020. The first-order chi connectivity index (χ1) is 20.4. The maximum atomic E-state index is 6.10. The average molecular weight is 601 g/mol. The van der Waals surface area contributed by atoms with Crippen molar-refractivity contribution in [1.82, 2.24) is 0 Å². The summed E-state index contributed by atoms with van der Waals surface area (Å²) < 4.78 is 46.1. The van der Waals surface area contributed by atoms with Gasteiger partial charge in [-0.2, -0.15) is 0 Å². The first-order valence-corrected chi connectivity index (χ1v) is 15.4. The van der Waals surface area contributed by atoms with Crippen LogP contribution < -0.4 is 9.47 Å². The Kier molecular flexibility index (Phi) is 11.5. The number of ether oxygens (including phenoxy) is 8. The third-order valence-electron chi connectivity index (χ3n) is 8.25. The third kappa shape index (κ3) is 11.0. The Morgan fingerprint density at radius 3 is 1.28 bits per heavy atom. The third-order valence-corrected chi connectivity index (χ3v) is 8.25. The van der Waals surface area contributed by atoms with Crippen molar-refractivity contribution >= 4 is 0 Å². The van der Waals surface area contributed by atoms with E-state index in [0.29, 0.717) is 26.4 Å². The highest BCUT2D eigenvalue weighted by molar-refractivity contribution is 5.41. The maximum absolute atomic E-state index is 6.10. The van der Waals surface area contributed by atoms with E-state index in [-0.39, 0.29) is 41.0 Å². The second-order valence-corrected chi connectivity index (χ2v) is 13.5. The summed E-state index contributed by atoms with van der Waals surface area (Å²) in [5.74, 6) is 1.63. The van der Waals surface area contributed by atoms with Crippen LogP contribution in [0.15, 0.2) is 48.5 Å². The van der Waals surface area contributed by atoms with Gasteiger partial charge in [-0.3, -0.25) is 0 Å². The molecule has 2 aliphatic rings. The number of hydrogen-bond acceptors (Lipinski definition) is 8. The van der Waals surface area contributed by atoms with Gasteiger partial charge in [0.1, 0.15) is 36.9 Å². The molecule has 0 aliphatic carbocycles. The highest BCUT2D eigenvalue weighted by Gasteiger charge is 2.31. The van der Waals surface area contributed by atoms with Crippen molar-refractivity contribution in [3.8, 4) is 11.5 Å². The first kappa shape index (κ1) is 33.7. The normalized spacial score (nSPS) is 20.0. The lowest BCUT2D eigenvalue weighted by Gasteiger charge is -2.29. The SMILES string of the molecule is COC(COc1ccc(C(C)(C)c2ccc(OCC(CC(C)(C)OCC3CO3)OC)cc2)cc1)CC(C)(C)OCC1CO1. The molecular formula is C35H52O8. The highest BCUT2D eigenvalue weighted by atomic mass is 16.6. The van der Waals surface area contributed by atoms with Crippen molar-refractivity contribution in [1.29, 1.82) is 0 Å². The fourth-order valence-electron chi connectivity index (χ4n) is 5.08. The van der Waals surface area contributed by atoms with Crippen LogP contribution in [0, 0.1) is 0 Å². The van der Waals surface area contributed by atoms with Crippen LogP contribution >= 0.6 is 0 Å². The number of hydrogen-bond donors (Lipinski definition) is 0. The molecule has 2 aliphatic heterocycles. The van der Waals surface area contributed by atoms with Crippen molar-refractivity contribution in [2.45, 2.75) is 95.4 Å². The second-order valence-electron chi connectivity index (χ2n) is 13.5. The summed E-state index contributed by atoms with van der Waals surface area (Å²) in [6.45, 7) is 16.5. The van der Waals surface area contributed by atoms with Gasteiger partial charge in [0.15, 0.2) is 0 Å². The molecule has 2 aromatic carbocycles. The standard InChI is InChI=1S/C35H52O8/c1-33(2,42-23-31-21-40-31)17-29(36-7)19-38-27-13-9-25(10-14-27)35(5,6)26-11-15-28(16-12-26)39-20-30(37-8)18-34(3,4)43-24-32-22-41-32/h9-16,29-32H,17-24H2,1-8H3. The van der Waals surface area contributed by atoms with Crippen LogP contribution in [0.25, 0.3) is 0 Å². The molecule has 43 heavy (non-hydrogen) atoms. The molecule has 8 heteroatoms. The molecule has 4 atom stereocenters. The van der Waals surface area contributed by atoms with Crippen molar-refractivity contribution < 1.29 is 37.9 Å². The zero-order valence-corrected chi connectivity index (χ0v) is 27.4. The van der Waals surface area contributed by atoms with Gasteiger partial charge in [0.05, 0.1) is 49.8 Å². The van der Waals surface area contributed by atoms with Gasteiger partial charge in [-0.25, -0.2) is 0 Å². The lowest BCUT2D eigenvalue weighted by Crippen LogP contribution is -2.35. The Morgan fingerprint density at radius 1 is 0.628 bits per heavy atom. The summed E-state index contributed by atoms with van der Waals surface area (Å²) in [6.07, 6.45) is 1.80. The molecule has 2 heterocycles. The van der Waals surface area contributed by atoms with Gasteiger partial charge in [0.25, 0.3) is 0 Å². The van der Waals surface area contributed by atoms with Gasteiger partial charge in [-0.15, -0.1) is 0 Å². The van der Waals surface area contributed by atoms with E-state index in [4.69, 9.17) is 37.9 Å². The minimum absolute atomic E-state index is 0.0756. The molecular weight excluding hydrogens is 548 g/mol. The zero-order chi connectivity index (χ0) is 31.1. The molecule has 240 valence electrons. The van der Waals surface area contributed by atoms with E-state index < -0.39 is 0 Å². The van der Waals surface area contributed by atoms with Gasteiger partial charge >= 0.3 is 0 Å². The van der Waals surface area contributed by atoms with Crippen LogP contribution in [0.4, 0.5) is 0 Å². The van der Waals surface area contributed by atoms with E-state index in [2.05, 4.69) is 65.8 Å². The minimum Gasteiger partial charge on any atom is -0.491 e.